The van der Waals surface area contributed by atoms with Gasteiger partial charge >= 0.3 is 0 Å². The molecule has 1 unspecified atom stereocenters. The molecule has 1 aromatic heterocycles. The lowest BCUT2D eigenvalue weighted by atomic mass is 9.98. The van der Waals surface area contributed by atoms with Gasteiger partial charge in [0.2, 0.25) is 0 Å². The van der Waals surface area contributed by atoms with Crippen LogP contribution in [0.1, 0.15) is 23.4 Å². The maximum absolute atomic E-state index is 12.3. The fraction of sp³-hybridized carbons (Fsp3) is 0.667. The fourth-order valence-corrected chi connectivity index (χ4v) is 3.69. The molecule has 1 aromatic rings. The highest BCUT2D eigenvalue weighted by Gasteiger charge is 2.25. The van der Waals surface area contributed by atoms with E-state index in [1.54, 1.807) is 12.1 Å². The number of aliphatic imine (C=N–C) groups is 1. The van der Waals surface area contributed by atoms with E-state index in [0.717, 1.165) is 32.1 Å². The zero-order valence-electron chi connectivity index (χ0n) is 15.3. The number of rotatable bonds is 3. The summed E-state index contributed by atoms with van der Waals surface area (Å²) in [6.07, 6.45) is 4.09. The monoisotopic (exact) mass is 347 g/mol. The molecule has 7 nitrogen and oxygen atoms in total. The largest absolute Gasteiger partial charge is 0.459 e. The van der Waals surface area contributed by atoms with E-state index in [-0.39, 0.29) is 5.91 Å². The molecule has 2 aliphatic rings. The highest BCUT2D eigenvalue weighted by atomic mass is 16.3. The van der Waals surface area contributed by atoms with Gasteiger partial charge in [0.25, 0.3) is 5.91 Å². The molecule has 0 bridgehead atoms. The fourth-order valence-electron chi connectivity index (χ4n) is 3.69. The van der Waals surface area contributed by atoms with Crippen molar-refractivity contribution >= 4 is 11.9 Å². The molecule has 0 aromatic carbocycles. The normalized spacial score (nSPS) is 23.0. The van der Waals surface area contributed by atoms with E-state index in [4.69, 9.17) is 4.42 Å². The Kier molecular flexibility index (Phi) is 5.96. The third-order valence-electron chi connectivity index (χ3n) is 5.08. The van der Waals surface area contributed by atoms with Gasteiger partial charge in [-0.2, -0.15) is 0 Å². The first-order valence-corrected chi connectivity index (χ1v) is 9.14. The number of nitrogens with one attached hydrogen (secondary N) is 1. The second kappa shape index (κ2) is 8.38. The smallest absolute Gasteiger partial charge is 0.289 e. The first-order chi connectivity index (χ1) is 12.2. The van der Waals surface area contributed by atoms with Crippen molar-refractivity contribution in [3.63, 3.8) is 0 Å². The third-order valence-corrected chi connectivity index (χ3v) is 5.08. The van der Waals surface area contributed by atoms with Crippen molar-refractivity contribution in [2.45, 2.75) is 12.8 Å². The average molecular weight is 347 g/mol. The van der Waals surface area contributed by atoms with E-state index in [2.05, 4.69) is 27.2 Å². The van der Waals surface area contributed by atoms with Crippen molar-refractivity contribution in [1.29, 1.82) is 0 Å². The average Bonchev–Trinajstić information content (AvgIpc) is 3.17. The Morgan fingerprint density at radius 2 is 2.04 bits per heavy atom. The number of likely N-dealkylation sites (tertiary alicyclic amines) is 1. The van der Waals surface area contributed by atoms with Crippen LogP contribution in [0.5, 0.6) is 0 Å². The van der Waals surface area contributed by atoms with Gasteiger partial charge in [0.1, 0.15) is 0 Å². The van der Waals surface area contributed by atoms with E-state index in [9.17, 15) is 4.79 Å². The molecule has 2 fully saturated rings. The van der Waals surface area contributed by atoms with Gasteiger partial charge in [-0.15, -0.1) is 0 Å². The minimum atomic E-state index is -0.0298. The molecule has 138 valence electrons. The van der Waals surface area contributed by atoms with Crippen molar-refractivity contribution in [3.05, 3.63) is 24.2 Å². The standard InChI is InChI=1S/C18H29N5O2/c1-19-18(20-13-15-5-3-7-21(2)14-15)23-10-8-22(9-11-23)17(24)16-6-4-12-25-16/h4,6,12,15H,3,5,7-11,13-14H2,1-2H3,(H,19,20). The summed E-state index contributed by atoms with van der Waals surface area (Å²) in [5.41, 5.74) is 0. The van der Waals surface area contributed by atoms with Gasteiger partial charge in [0.15, 0.2) is 11.7 Å². The van der Waals surface area contributed by atoms with Gasteiger partial charge in [-0.3, -0.25) is 9.79 Å². The number of hydrogen-bond donors (Lipinski definition) is 1. The number of furan rings is 1. The summed E-state index contributed by atoms with van der Waals surface area (Å²) >= 11 is 0. The molecule has 0 radical (unpaired) electrons. The second-order valence-corrected chi connectivity index (χ2v) is 6.96. The zero-order valence-corrected chi connectivity index (χ0v) is 15.3. The van der Waals surface area contributed by atoms with Gasteiger partial charge < -0.3 is 24.4 Å². The number of carbonyl (C=O) groups is 1. The molecule has 2 saturated heterocycles. The summed E-state index contributed by atoms with van der Waals surface area (Å²) in [7, 11) is 4.02. The Bertz CT molecular complexity index is 578. The predicted molar refractivity (Wildman–Crippen MR) is 97.8 cm³/mol. The predicted octanol–water partition coefficient (Wildman–Crippen LogP) is 0.955. The first-order valence-electron chi connectivity index (χ1n) is 9.14. The lowest BCUT2D eigenvalue weighted by Gasteiger charge is -2.37. The Labute approximate surface area is 149 Å². The molecule has 0 spiro atoms. The summed E-state index contributed by atoms with van der Waals surface area (Å²) in [4.78, 5) is 23.2. The maximum atomic E-state index is 12.3. The van der Waals surface area contributed by atoms with E-state index < -0.39 is 0 Å². The minimum Gasteiger partial charge on any atom is -0.459 e. The lowest BCUT2D eigenvalue weighted by Crippen LogP contribution is -2.54. The molecule has 2 aliphatic heterocycles. The van der Waals surface area contributed by atoms with Gasteiger partial charge in [-0.05, 0) is 44.5 Å². The molecule has 25 heavy (non-hydrogen) atoms. The Morgan fingerprint density at radius 1 is 1.28 bits per heavy atom. The van der Waals surface area contributed by atoms with Crippen LogP contribution in [0.3, 0.4) is 0 Å². The summed E-state index contributed by atoms with van der Waals surface area (Å²) in [5.74, 6) is 2.01. The van der Waals surface area contributed by atoms with Crippen LogP contribution in [0.2, 0.25) is 0 Å². The molecular weight excluding hydrogens is 318 g/mol. The number of guanidine groups is 1. The first kappa shape index (κ1) is 17.8. The van der Waals surface area contributed by atoms with Gasteiger partial charge in [0.05, 0.1) is 6.26 Å². The van der Waals surface area contributed by atoms with Crippen molar-refractivity contribution in [2.75, 3.05) is 59.9 Å². The van der Waals surface area contributed by atoms with E-state index in [1.807, 2.05) is 11.9 Å². The second-order valence-electron chi connectivity index (χ2n) is 6.96. The Balaban J connectivity index is 1.46. The lowest BCUT2D eigenvalue weighted by molar-refractivity contribution is 0.0657. The number of piperazine rings is 1. The molecule has 3 rings (SSSR count). The molecule has 3 heterocycles. The number of piperidine rings is 1. The quantitative estimate of drug-likeness (QED) is 0.652. The molecule has 1 amide bonds. The van der Waals surface area contributed by atoms with Gasteiger partial charge in [0, 0.05) is 46.3 Å². The number of amides is 1. The zero-order chi connectivity index (χ0) is 17.6. The van der Waals surface area contributed by atoms with E-state index in [0.29, 0.717) is 24.8 Å². The van der Waals surface area contributed by atoms with Crippen LogP contribution >= 0.6 is 0 Å². The van der Waals surface area contributed by atoms with E-state index >= 15 is 0 Å². The number of nitrogens with zero attached hydrogens (tertiary/aromatic N) is 4. The number of carbonyl (C=O) groups excluding carboxylic acids is 1. The summed E-state index contributed by atoms with van der Waals surface area (Å²) < 4.78 is 5.21. The van der Waals surface area contributed by atoms with Crippen LogP contribution in [-0.2, 0) is 0 Å². The Hall–Kier alpha value is -2.02. The van der Waals surface area contributed by atoms with Crippen molar-refractivity contribution in [3.8, 4) is 0 Å². The summed E-state index contributed by atoms with van der Waals surface area (Å²) in [5, 5.41) is 3.53. The number of hydrogen-bond acceptors (Lipinski definition) is 4. The van der Waals surface area contributed by atoms with Gasteiger partial charge in [-0.25, -0.2) is 0 Å². The van der Waals surface area contributed by atoms with Crippen molar-refractivity contribution < 1.29 is 9.21 Å². The third kappa shape index (κ3) is 4.54. The molecule has 1 atom stereocenters. The topological polar surface area (TPSA) is 64.3 Å². The minimum absolute atomic E-state index is 0.0298. The molecule has 0 aliphatic carbocycles. The SMILES string of the molecule is CN=C(NCC1CCCN(C)C1)N1CCN(C(=O)c2ccco2)CC1. The van der Waals surface area contributed by atoms with Crippen LogP contribution in [0.4, 0.5) is 0 Å². The van der Waals surface area contributed by atoms with Crippen molar-refractivity contribution in [1.82, 2.24) is 20.0 Å². The van der Waals surface area contributed by atoms with E-state index in [1.165, 1.54) is 25.6 Å². The maximum Gasteiger partial charge on any atom is 0.289 e. The van der Waals surface area contributed by atoms with Gasteiger partial charge in [-0.1, -0.05) is 0 Å². The van der Waals surface area contributed by atoms with Crippen LogP contribution in [0.15, 0.2) is 27.8 Å². The van der Waals surface area contributed by atoms with Crippen LogP contribution in [-0.4, -0.2) is 86.5 Å². The highest BCUT2D eigenvalue weighted by molar-refractivity contribution is 5.91. The summed E-state index contributed by atoms with van der Waals surface area (Å²) in [6.45, 7) is 6.26. The highest BCUT2D eigenvalue weighted by Crippen LogP contribution is 2.14. The molecule has 0 saturated carbocycles. The summed E-state index contributed by atoms with van der Waals surface area (Å²) in [6, 6.07) is 3.47. The molecule has 7 heteroatoms. The molecule has 1 N–H and O–H groups in total. The van der Waals surface area contributed by atoms with Crippen LogP contribution in [0, 0.1) is 5.92 Å². The van der Waals surface area contributed by atoms with Crippen LogP contribution in [0.25, 0.3) is 0 Å². The Morgan fingerprint density at radius 3 is 2.68 bits per heavy atom. The van der Waals surface area contributed by atoms with Crippen molar-refractivity contribution in [2.24, 2.45) is 10.9 Å². The van der Waals surface area contributed by atoms with Crippen LogP contribution < -0.4 is 5.32 Å². The molecular formula is C18H29N5O2.